The number of likely N-dealkylation sites (N-methyl/N-ethyl adjacent to an activating group) is 1. The number of anilines is 1. The molecule has 1 aromatic heterocycles. The lowest BCUT2D eigenvalue weighted by molar-refractivity contribution is 0.597. The molecule has 3 rings (SSSR count). The van der Waals surface area contributed by atoms with Crippen molar-refractivity contribution >= 4 is 16.9 Å². The van der Waals surface area contributed by atoms with Gasteiger partial charge in [-0.15, -0.1) is 0 Å². The van der Waals surface area contributed by atoms with E-state index < -0.39 is 0 Å². The Kier molecular flexibility index (Phi) is 3.11. The van der Waals surface area contributed by atoms with Crippen LogP contribution in [0.4, 0.5) is 5.82 Å². The highest BCUT2D eigenvalue weighted by atomic mass is 15.2. The first-order valence-corrected chi connectivity index (χ1v) is 6.49. The van der Waals surface area contributed by atoms with Gasteiger partial charge >= 0.3 is 0 Å². The Labute approximate surface area is 107 Å². The molecule has 4 heteroatoms. The van der Waals surface area contributed by atoms with E-state index >= 15 is 0 Å². The minimum atomic E-state index is 0.586. The van der Waals surface area contributed by atoms with Crippen molar-refractivity contribution in [3.8, 4) is 0 Å². The topological polar surface area (TPSA) is 41.0 Å². The van der Waals surface area contributed by atoms with Gasteiger partial charge < -0.3 is 10.2 Å². The van der Waals surface area contributed by atoms with Crippen molar-refractivity contribution in [1.29, 1.82) is 0 Å². The Morgan fingerprint density at radius 3 is 2.94 bits per heavy atom. The Hall–Kier alpha value is -1.68. The Morgan fingerprint density at radius 2 is 2.17 bits per heavy atom. The molecule has 0 spiro atoms. The zero-order valence-corrected chi connectivity index (χ0v) is 10.6. The number of nitrogens with zero attached hydrogens (tertiary/aromatic N) is 3. The second-order valence-corrected chi connectivity index (χ2v) is 4.89. The molecule has 0 bridgehead atoms. The summed E-state index contributed by atoms with van der Waals surface area (Å²) in [5.74, 6) is 0.947. The first kappa shape index (κ1) is 11.4. The number of nitrogens with one attached hydrogen (secondary N) is 1. The molecule has 0 saturated carbocycles. The predicted octanol–water partition coefficient (Wildman–Crippen LogP) is 1.82. The molecule has 0 aliphatic carbocycles. The molecular formula is C14H18N4. The molecule has 2 heterocycles. The Balaban J connectivity index is 1.80. The van der Waals surface area contributed by atoms with Crippen molar-refractivity contribution in [2.24, 2.45) is 0 Å². The van der Waals surface area contributed by atoms with E-state index in [4.69, 9.17) is 0 Å². The van der Waals surface area contributed by atoms with Gasteiger partial charge in [-0.3, -0.25) is 4.98 Å². The summed E-state index contributed by atoms with van der Waals surface area (Å²) in [6, 6.07) is 8.57. The third-order valence-corrected chi connectivity index (χ3v) is 3.48. The molecule has 18 heavy (non-hydrogen) atoms. The van der Waals surface area contributed by atoms with E-state index in [-0.39, 0.29) is 0 Å². The van der Waals surface area contributed by atoms with Crippen molar-refractivity contribution in [3.63, 3.8) is 0 Å². The van der Waals surface area contributed by atoms with E-state index in [9.17, 15) is 0 Å². The number of rotatable bonds is 3. The first-order chi connectivity index (χ1) is 8.83. The van der Waals surface area contributed by atoms with Crippen LogP contribution in [0.2, 0.25) is 0 Å². The van der Waals surface area contributed by atoms with Gasteiger partial charge in [0.2, 0.25) is 0 Å². The maximum atomic E-state index is 4.65. The summed E-state index contributed by atoms with van der Waals surface area (Å²) >= 11 is 0. The summed E-state index contributed by atoms with van der Waals surface area (Å²) in [6.45, 7) is 2.13. The average molecular weight is 242 g/mol. The highest BCUT2D eigenvalue weighted by Gasteiger charge is 2.16. The maximum Gasteiger partial charge on any atom is 0.147 e. The highest BCUT2D eigenvalue weighted by Crippen LogP contribution is 2.15. The van der Waals surface area contributed by atoms with E-state index in [1.165, 1.54) is 12.8 Å². The average Bonchev–Trinajstić information content (AvgIpc) is 2.91. The van der Waals surface area contributed by atoms with E-state index in [1.54, 1.807) is 0 Å². The Morgan fingerprint density at radius 1 is 1.33 bits per heavy atom. The molecule has 2 aromatic rings. The number of benzene rings is 1. The molecule has 1 saturated heterocycles. The number of para-hydroxylation sites is 2. The van der Waals surface area contributed by atoms with Crippen molar-refractivity contribution in [2.45, 2.75) is 18.9 Å². The van der Waals surface area contributed by atoms with Crippen LogP contribution in [0.5, 0.6) is 0 Å². The molecule has 0 radical (unpaired) electrons. The normalized spacial score (nSPS) is 19.3. The van der Waals surface area contributed by atoms with Crippen LogP contribution in [-0.4, -0.2) is 36.1 Å². The quantitative estimate of drug-likeness (QED) is 0.891. The van der Waals surface area contributed by atoms with Crippen LogP contribution in [0.1, 0.15) is 12.8 Å². The molecule has 0 unspecified atom stereocenters. The smallest absolute Gasteiger partial charge is 0.147 e. The molecular weight excluding hydrogens is 224 g/mol. The van der Waals surface area contributed by atoms with Crippen LogP contribution in [0.3, 0.4) is 0 Å². The van der Waals surface area contributed by atoms with Crippen molar-refractivity contribution in [2.75, 3.05) is 25.0 Å². The summed E-state index contributed by atoms with van der Waals surface area (Å²) in [5.41, 5.74) is 1.91. The molecule has 1 aromatic carbocycles. The summed E-state index contributed by atoms with van der Waals surface area (Å²) < 4.78 is 0. The molecule has 1 N–H and O–H groups in total. The van der Waals surface area contributed by atoms with Crippen molar-refractivity contribution in [3.05, 3.63) is 30.5 Å². The van der Waals surface area contributed by atoms with Crippen LogP contribution in [0, 0.1) is 0 Å². The summed E-state index contributed by atoms with van der Waals surface area (Å²) in [7, 11) is 2.08. The van der Waals surface area contributed by atoms with E-state index in [0.29, 0.717) is 6.04 Å². The van der Waals surface area contributed by atoms with E-state index in [0.717, 1.165) is 29.9 Å². The molecule has 1 aliphatic rings. The largest absolute Gasteiger partial charge is 0.357 e. The van der Waals surface area contributed by atoms with Gasteiger partial charge in [-0.2, -0.15) is 0 Å². The lowest BCUT2D eigenvalue weighted by Gasteiger charge is -2.22. The zero-order chi connectivity index (χ0) is 12.4. The van der Waals surface area contributed by atoms with Gasteiger partial charge in [-0.05, 0) is 31.5 Å². The summed E-state index contributed by atoms with van der Waals surface area (Å²) in [4.78, 5) is 11.3. The number of hydrogen-bond acceptors (Lipinski definition) is 4. The maximum absolute atomic E-state index is 4.65. The standard InChI is InChI=1S/C14H18N4/c1-18(10-11-5-4-8-15-11)14-9-16-12-6-2-3-7-13(12)17-14/h2-3,6-7,9,11,15H,4-5,8,10H2,1H3/t11-/m1/s1. The van der Waals surface area contributed by atoms with Gasteiger partial charge in [0.1, 0.15) is 5.82 Å². The van der Waals surface area contributed by atoms with Crippen LogP contribution < -0.4 is 10.2 Å². The second-order valence-electron chi connectivity index (χ2n) is 4.89. The van der Waals surface area contributed by atoms with E-state index in [1.807, 2.05) is 30.5 Å². The minimum Gasteiger partial charge on any atom is -0.357 e. The minimum absolute atomic E-state index is 0.586. The molecule has 0 amide bonds. The highest BCUT2D eigenvalue weighted by molar-refractivity contribution is 5.75. The SMILES string of the molecule is CN(C[C@H]1CCCN1)c1cnc2ccccc2n1. The van der Waals surface area contributed by atoms with Crippen molar-refractivity contribution in [1.82, 2.24) is 15.3 Å². The number of aromatic nitrogens is 2. The third kappa shape index (κ3) is 2.29. The van der Waals surface area contributed by atoms with Gasteiger partial charge in [0.25, 0.3) is 0 Å². The van der Waals surface area contributed by atoms with Gasteiger partial charge in [-0.1, -0.05) is 12.1 Å². The summed E-state index contributed by atoms with van der Waals surface area (Å²) in [5, 5.41) is 3.50. The first-order valence-electron chi connectivity index (χ1n) is 6.49. The second kappa shape index (κ2) is 4.90. The lowest BCUT2D eigenvalue weighted by Crippen LogP contribution is -2.35. The van der Waals surface area contributed by atoms with Gasteiger partial charge in [-0.25, -0.2) is 4.98 Å². The van der Waals surface area contributed by atoms with Crippen LogP contribution in [0.25, 0.3) is 11.0 Å². The fourth-order valence-corrected chi connectivity index (χ4v) is 2.47. The molecule has 1 atom stereocenters. The molecule has 94 valence electrons. The van der Waals surface area contributed by atoms with Crippen LogP contribution in [0.15, 0.2) is 30.5 Å². The van der Waals surface area contributed by atoms with Crippen LogP contribution in [-0.2, 0) is 0 Å². The fraction of sp³-hybridized carbons (Fsp3) is 0.429. The molecule has 1 fully saturated rings. The molecule has 4 nitrogen and oxygen atoms in total. The van der Waals surface area contributed by atoms with Crippen molar-refractivity contribution < 1.29 is 0 Å². The van der Waals surface area contributed by atoms with Crippen LogP contribution >= 0.6 is 0 Å². The Bertz CT molecular complexity index is 534. The third-order valence-electron chi connectivity index (χ3n) is 3.48. The summed E-state index contributed by atoms with van der Waals surface area (Å²) in [6.07, 6.45) is 4.39. The van der Waals surface area contributed by atoms with E-state index in [2.05, 4.69) is 27.2 Å². The lowest BCUT2D eigenvalue weighted by atomic mass is 10.2. The monoisotopic (exact) mass is 242 g/mol. The van der Waals surface area contributed by atoms with Gasteiger partial charge in [0.15, 0.2) is 0 Å². The predicted molar refractivity (Wildman–Crippen MR) is 73.8 cm³/mol. The number of fused-ring (bicyclic) bond motifs is 1. The van der Waals surface area contributed by atoms with Gasteiger partial charge in [0.05, 0.1) is 17.2 Å². The fourth-order valence-electron chi connectivity index (χ4n) is 2.47. The molecule has 1 aliphatic heterocycles. The van der Waals surface area contributed by atoms with Gasteiger partial charge in [0, 0.05) is 19.6 Å². The zero-order valence-electron chi connectivity index (χ0n) is 10.6. The number of hydrogen-bond donors (Lipinski definition) is 1.